The van der Waals surface area contributed by atoms with E-state index in [0.717, 1.165) is 19.4 Å². The largest absolute Gasteiger partial charge is 0.465 e. The van der Waals surface area contributed by atoms with E-state index in [9.17, 15) is 14.9 Å². The number of ether oxygens (including phenoxy) is 1. The van der Waals surface area contributed by atoms with Crippen LogP contribution in [0.15, 0.2) is 0 Å². The van der Waals surface area contributed by atoms with Gasteiger partial charge in [0.25, 0.3) is 5.09 Å². The van der Waals surface area contributed by atoms with Crippen LogP contribution in [0.25, 0.3) is 0 Å². The van der Waals surface area contributed by atoms with E-state index >= 15 is 0 Å². The van der Waals surface area contributed by atoms with Crippen molar-refractivity contribution >= 4 is 5.97 Å². The van der Waals surface area contributed by atoms with E-state index in [-0.39, 0.29) is 25.2 Å². The number of nitrogens with zero attached hydrogens (tertiary/aromatic N) is 1. The van der Waals surface area contributed by atoms with E-state index in [2.05, 4.69) is 10.2 Å². The second kappa shape index (κ2) is 7.00. The molecule has 1 aliphatic rings. The van der Waals surface area contributed by atoms with Crippen molar-refractivity contribution in [1.29, 1.82) is 0 Å². The fraction of sp³-hybridized carbons (Fsp3) is 0.889. The van der Waals surface area contributed by atoms with Gasteiger partial charge in [-0.3, -0.25) is 4.79 Å². The Kier molecular flexibility index (Phi) is 5.55. The summed E-state index contributed by atoms with van der Waals surface area (Å²) in [7, 11) is 0. The van der Waals surface area contributed by atoms with E-state index < -0.39 is 5.09 Å². The molecule has 1 aliphatic heterocycles. The van der Waals surface area contributed by atoms with E-state index in [1.54, 1.807) is 0 Å². The molecule has 1 heterocycles. The maximum Gasteiger partial charge on any atom is 0.323 e. The first-order chi connectivity index (χ1) is 7.70. The number of rotatable bonds is 7. The van der Waals surface area contributed by atoms with Crippen LogP contribution in [0, 0.1) is 10.1 Å². The summed E-state index contributed by atoms with van der Waals surface area (Å²) in [5.41, 5.74) is 0. The molecule has 0 aromatic heterocycles. The van der Waals surface area contributed by atoms with Crippen LogP contribution >= 0.6 is 0 Å². The molecule has 0 unspecified atom stereocenters. The van der Waals surface area contributed by atoms with Crippen molar-refractivity contribution in [2.45, 2.75) is 31.7 Å². The molecule has 16 heavy (non-hydrogen) atoms. The lowest BCUT2D eigenvalue weighted by Gasteiger charge is -2.09. The Hall–Kier alpha value is -1.37. The van der Waals surface area contributed by atoms with Crippen LogP contribution in [-0.4, -0.2) is 36.9 Å². The van der Waals surface area contributed by atoms with Crippen LogP contribution in [0.4, 0.5) is 0 Å². The molecule has 1 atom stereocenters. The molecule has 7 heteroatoms. The van der Waals surface area contributed by atoms with Gasteiger partial charge in [0.15, 0.2) is 0 Å². The quantitative estimate of drug-likeness (QED) is 0.293. The molecule has 1 fully saturated rings. The van der Waals surface area contributed by atoms with Gasteiger partial charge in [-0.05, 0) is 32.2 Å². The average molecular weight is 232 g/mol. The minimum absolute atomic E-state index is 0.0478. The molecule has 0 aliphatic carbocycles. The number of unbranched alkanes of at least 4 members (excludes halogenated alkanes) is 1. The smallest absolute Gasteiger partial charge is 0.323 e. The summed E-state index contributed by atoms with van der Waals surface area (Å²) in [6, 6.07) is -0.171. The van der Waals surface area contributed by atoms with Crippen LogP contribution in [0.3, 0.4) is 0 Å². The van der Waals surface area contributed by atoms with Crippen LogP contribution in [0.5, 0.6) is 0 Å². The van der Waals surface area contributed by atoms with Crippen LogP contribution in [0.1, 0.15) is 25.7 Å². The van der Waals surface area contributed by atoms with Crippen LogP contribution in [-0.2, 0) is 14.4 Å². The molecule has 92 valence electrons. The molecule has 0 amide bonds. The standard InChI is InChI=1S/C9H16N2O5/c12-9(8-4-3-5-10-8)15-6-1-2-7-16-11(13)14/h8,10H,1-7H2/t8-/m0/s1. The molecule has 1 N–H and O–H groups in total. The molecule has 0 spiro atoms. The molecule has 1 saturated heterocycles. The van der Waals surface area contributed by atoms with Gasteiger partial charge in [-0.2, -0.15) is 0 Å². The molecule has 7 nitrogen and oxygen atoms in total. The van der Waals surface area contributed by atoms with Gasteiger partial charge in [-0.15, -0.1) is 10.1 Å². The van der Waals surface area contributed by atoms with E-state index in [1.165, 1.54) is 0 Å². The number of carbonyl (C=O) groups excluding carboxylic acids is 1. The Morgan fingerprint density at radius 3 is 2.81 bits per heavy atom. The Morgan fingerprint density at radius 1 is 1.44 bits per heavy atom. The van der Waals surface area contributed by atoms with Crippen molar-refractivity contribution in [3.05, 3.63) is 10.1 Å². The van der Waals surface area contributed by atoms with Gasteiger partial charge in [0.05, 0.1) is 13.2 Å². The Morgan fingerprint density at radius 2 is 2.19 bits per heavy atom. The summed E-state index contributed by atoms with van der Waals surface area (Å²) in [4.78, 5) is 25.3. The van der Waals surface area contributed by atoms with Gasteiger partial charge in [-0.1, -0.05) is 0 Å². The van der Waals surface area contributed by atoms with Crippen molar-refractivity contribution in [1.82, 2.24) is 5.32 Å². The maximum absolute atomic E-state index is 11.4. The number of hydrogen-bond acceptors (Lipinski definition) is 6. The summed E-state index contributed by atoms with van der Waals surface area (Å²) in [5, 5.41) is 12.0. The fourth-order valence-electron chi connectivity index (χ4n) is 1.50. The van der Waals surface area contributed by atoms with E-state index in [0.29, 0.717) is 12.8 Å². The maximum atomic E-state index is 11.4. The van der Waals surface area contributed by atoms with Crippen molar-refractivity contribution in [2.75, 3.05) is 19.8 Å². The van der Waals surface area contributed by atoms with E-state index in [1.807, 2.05) is 0 Å². The first kappa shape index (κ1) is 12.7. The molecule has 0 aromatic carbocycles. The SMILES string of the molecule is O=C(OCCCCO[N+](=O)[O-])[C@@H]1CCCN1. The Labute approximate surface area is 93.2 Å². The Balaban J connectivity index is 1.94. The lowest BCUT2D eigenvalue weighted by Crippen LogP contribution is -2.32. The summed E-state index contributed by atoms with van der Waals surface area (Å²) in [5.74, 6) is -0.229. The zero-order valence-electron chi connectivity index (χ0n) is 9.02. The number of esters is 1. The first-order valence-corrected chi connectivity index (χ1v) is 5.37. The monoisotopic (exact) mass is 232 g/mol. The number of hydrogen-bond donors (Lipinski definition) is 1. The highest BCUT2D eigenvalue weighted by molar-refractivity contribution is 5.76. The molecular weight excluding hydrogens is 216 g/mol. The summed E-state index contributed by atoms with van der Waals surface area (Å²) in [6.45, 7) is 1.20. The minimum Gasteiger partial charge on any atom is -0.465 e. The van der Waals surface area contributed by atoms with Crippen molar-refractivity contribution < 1.29 is 19.5 Å². The first-order valence-electron chi connectivity index (χ1n) is 5.37. The number of nitrogens with one attached hydrogen (secondary N) is 1. The molecule has 1 rings (SSSR count). The molecule has 0 aromatic rings. The molecule has 0 radical (unpaired) electrons. The van der Waals surface area contributed by atoms with E-state index in [4.69, 9.17) is 4.74 Å². The average Bonchev–Trinajstić information content (AvgIpc) is 2.75. The molecule has 0 saturated carbocycles. The Bertz CT molecular complexity index is 240. The highest BCUT2D eigenvalue weighted by Gasteiger charge is 2.22. The van der Waals surface area contributed by atoms with Crippen molar-refractivity contribution in [3.63, 3.8) is 0 Å². The second-order valence-corrected chi connectivity index (χ2v) is 3.58. The van der Waals surface area contributed by atoms with Gasteiger partial charge < -0.3 is 14.9 Å². The normalized spacial score (nSPS) is 19.4. The topological polar surface area (TPSA) is 90.7 Å². The van der Waals surface area contributed by atoms with Gasteiger partial charge in [0.2, 0.25) is 0 Å². The molecule has 0 bridgehead atoms. The number of carbonyl (C=O) groups is 1. The second-order valence-electron chi connectivity index (χ2n) is 3.58. The lowest BCUT2D eigenvalue weighted by atomic mass is 10.2. The minimum atomic E-state index is -0.825. The van der Waals surface area contributed by atoms with Crippen LogP contribution in [0.2, 0.25) is 0 Å². The zero-order valence-corrected chi connectivity index (χ0v) is 9.02. The predicted molar refractivity (Wildman–Crippen MR) is 54.2 cm³/mol. The van der Waals surface area contributed by atoms with Gasteiger partial charge in [-0.25, -0.2) is 0 Å². The highest BCUT2D eigenvalue weighted by atomic mass is 16.9. The molecular formula is C9H16N2O5. The summed E-state index contributed by atoms with van der Waals surface area (Å²) in [6.07, 6.45) is 2.90. The zero-order chi connectivity index (χ0) is 11.8. The van der Waals surface area contributed by atoms with Crippen molar-refractivity contribution in [3.8, 4) is 0 Å². The van der Waals surface area contributed by atoms with Gasteiger partial charge in [0.1, 0.15) is 6.04 Å². The third-order valence-electron chi connectivity index (χ3n) is 2.32. The lowest BCUT2D eigenvalue weighted by molar-refractivity contribution is -0.757. The summed E-state index contributed by atoms with van der Waals surface area (Å²) >= 11 is 0. The fourth-order valence-corrected chi connectivity index (χ4v) is 1.50. The third-order valence-corrected chi connectivity index (χ3v) is 2.32. The van der Waals surface area contributed by atoms with Gasteiger partial charge >= 0.3 is 5.97 Å². The summed E-state index contributed by atoms with van der Waals surface area (Å²) < 4.78 is 5.01. The highest BCUT2D eigenvalue weighted by Crippen LogP contribution is 2.06. The third kappa shape index (κ3) is 4.92. The van der Waals surface area contributed by atoms with Gasteiger partial charge in [0, 0.05) is 0 Å². The van der Waals surface area contributed by atoms with Crippen LogP contribution < -0.4 is 5.32 Å². The van der Waals surface area contributed by atoms with Crippen molar-refractivity contribution in [2.24, 2.45) is 0 Å². The predicted octanol–water partition coefficient (Wildman–Crippen LogP) is 0.270.